The molecule has 1 aliphatic heterocycles. The van der Waals surface area contributed by atoms with E-state index in [0.29, 0.717) is 6.42 Å². The monoisotopic (exact) mass is 296 g/mol. The number of carbonyl (C=O) groups excluding carboxylic acids is 3. The van der Waals surface area contributed by atoms with Crippen molar-refractivity contribution in [3.8, 4) is 0 Å². The van der Waals surface area contributed by atoms with Crippen molar-refractivity contribution in [3.05, 3.63) is 11.3 Å². The van der Waals surface area contributed by atoms with Gasteiger partial charge in [0.1, 0.15) is 17.1 Å². The molecule has 1 aliphatic rings. The lowest BCUT2D eigenvalue weighted by Crippen LogP contribution is -2.09. The highest BCUT2D eigenvalue weighted by atomic mass is 16.5. The summed E-state index contributed by atoms with van der Waals surface area (Å²) in [6, 6.07) is 0. The second-order valence-electron chi connectivity index (χ2n) is 5.41. The summed E-state index contributed by atoms with van der Waals surface area (Å²) in [6.45, 7) is 1.83. The van der Waals surface area contributed by atoms with Crippen LogP contribution in [-0.4, -0.2) is 29.2 Å². The van der Waals surface area contributed by atoms with Crippen LogP contribution in [0.5, 0.6) is 0 Å². The lowest BCUT2D eigenvalue weighted by Gasteiger charge is -2.03. The largest absolute Gasteiger partial charge is 0.511 e. The molecule has 0 bridgehead atoms. The number of esters is 1. The molecule has 0 aromatic rings. The van der Waals surface area contributed by atoms with Gasteiger partial charge in [-0.25, -0.2) is 4.79 Å². The van der Waals surface area contributed by atoms with Gasteiger partial charge in [0.15, 0.2) is 6.61 Å². The third-order valence-corrected chi connectivity index (χ3v) is 3.53. The Labute approximate surface area is 125 Å². The van der Waals surface area contributed by atoms with E-state index in [1.807, 2.05) is 0 Å². The number of unbranched alkanes of at least 4 members (excludes halogenated alkanes) is 6. The van der Waals surface area contributed by atoms with Crippen LogP contribution >= 0.6 is 0 Å². The number of ketones is 2. The molecule has 1 fully saturated rings. The van der Waals surface area contributed by atoms with Crippen LogP contribution in [0.1, 0.15) is 64.7 Å². The molecule has 118 valence electrons. The number of cyclic esters (lactones) is 1. The van der Waals surface area contributed by atoms with E-state index in [2.05, 4.69) is 11.7 Å². The molecule has 0 saturated carbocycles. The molecule has 0 spiro atoms. The van der Waals surface area contributed by atoms with Crippen molar-refractivity contribution in [2.75, 3.05) is 6.61 Å². The van der Waals surface area contributed by atoms with Gasteiger partial charge < -0.3 is 9.84 Å². The fourth-order valence-electron chi connectivity index (χ4n) is 2.31. The minimum absolute atomic E-state index is 0.152. The van der Waals surface area contributed by atoms with Gasteiger partial charge in [-0.2, -0.15) is 0 Å². The molecule has 1 N–H and O–H groups in total. The summed E-state index contributed by atoms with van der Waals surface area (Å²) >= 11 is 0. The topological polar surface area (TPSA) is 80.7 Å². The lowest BCUT2D eigenvalue weighted by atomic mass is 10.0. The minimum atomic E-state index is -0.832. The molecule has 0 radical (unpaired) electrons. The van der Waals surface area contributed by atoms with Crippen molar-refractivity contribution in [2.24, 2.45) is 0 Å². The van der Waals surface area contributed by atoms with E-state index in [1.165, 1.54) is 25.7 Å². The molecule has 21 heavy (non-hydrogen) atoms. The molecular weight excluding hydrogens is 272 g/mol. The molecule has 0 atom stereocenters. The zero-order chi connectivity index (χ0) is 15.7. The smallest absolute Gasteiger partial charge is 0.345 e. The summed E-state index contributed by atoms with van der Waals surface area (Å²) in [6.07, 6.45) is 7.91. The number of Topliss-reactive ketones (excluding diaryl/α,β-unsaturated/α-hetero) is 2. The summed E-state index contributed by atoms with van der Waals surface area (Å²) in [7, 11) is 0. The standard InChI is InChI=1S/C16H24O5/c1-2-3-4-5-6-7-8-9-12(17)10-13(18)15-14(19)11-21-16(15)20/h18H,2-11H2,1H3. The van der Waals surface area contributed by atoms with E-state index < -0.39 is 17.5 Å². The van der Waals surface area contributed by atoms with Crippen molar-refractivity contribution in [1.82, 2.24) is 0 Å². The lowest BCUT2D eigenvalue weighted by molar-refractivity contribution is -0.135. The van der Waals surface area contributed by atoms with Crippen LogP contribution in [0.4, 0.5) is 0 Å². The van der Waals surface area contributed by atoms with E-state index in [4.69, 9.17) is 0 Å². The Morgan fingerprint density at radius 1 is 1.10 bits per heavy atom. The fraction of sp³-hybridized carbons (Fsp3) is 0.688. The number of allylic oxidation sites excluding steroid dienone is 1. The van der Waals surface area contributed by atoms with Crippen LogP contribution in [0.15, 0.2) is 11.3 Å². The maximum absolute atomic E-state index is 11.7. The first kappa shape index (κ1) is 17.4. The van der Waals surface area contributed by atoms with E-state index >= 15 is 0 Å². The fourth-order valence-corrected chi connectivity index (χ4v) is 2.31. The molecule has 0 aliphatic carbocycles. The number of aliphatic hydroxyl groups is 1. The molecule has 1 rings (SSSR count). The Hall–Kier alpha value is -1.65. The average Bonchev–Trinajstić information content (AvgIpc) is 2.77. The average molecular weight is 296 g/mol. The molecular formula is C16H24O5. The highest BCUT2D eigenvalue weighted by Gasteiger charge is 2.32. The Balaban J connectivity index is 2.23. The maximum Gasteiger partial charge on any atom is 0.345 e. The summed E-state index contributed by atoms with van der Waals surface area (Å²) < 4.78 is 4.51. The van der Waals surface area contributed by atoms with Crippen molar-refractivity contribution < 1.29 is 24.2 Å². The minimum Gasteiger partial charge on any atom is -0.511 e. The molecule has 1 saturated heterocycles. The summed E-state index contributed by atoms with van der Waals surface area (Å²) in [5.41, 5.74) is -0.358. The van der Waals surface area contributed by atoms with Crippen LogP contribution in [0.25, 0.3) is 0 Å². The van der Waals surface area contributed by atoms with Crippen LogP contribution in [-0.2, 0) is 19.1 Å². The Morgan fingerprint density at radius 3 is 2.29 bits per heavy atom. The zero-order valence-electron chi connectivity index (χ0n) is 12.7. The number of hydrogen-bond donors (Lipinski definition) is 1. The number of ether oxygens (including phenoxy) is 1. The van der Waals surface area contributed by atoms with E-state index in [9.17, 15) is 19.5 Å². The van der Waals surface area contributed by atoms with Gasteiger partial charge in [0, 0.05) is 6.42 Å². The molecule has 0 unspecified atom stereocenters. The third kappa shape index (κ3) is 6.10. The summed E-state index contributed by atoms with van der Waals surface area (Å²) in [5.74, 6) is -1.99. The van der Waals surface area contributed by atoms with Crippen LogP contribution in [0, 0.1) is 0 Å². The van der Waals surface area contributed by atoms with Crippen molar-refractivity contribution in [2.45, 2.75) is 64.7 Å². The zero-order valence-corrected chi connectivity index (χ0v) is 12.7. The first-order valence-electron chi connectivity index (χ1n) is 7.70. The summed E-state index contributed by atoms with van der Waals surface area (Å²) in [5, 5.41) is 9.70. The number of carbonyl (C=O) groups is 3. The molecule has 5 nitrogen and oxygen atoms in total. The second-order valence-corrected chi connectivity index (χ2v) is 5.41. The van der Waals surface area contributed by atoms with Gasteiger partial charge in [-0.1, -0.05) is 45.4 Å². The van der Waals surface area contributed by atoms with Gasteiger partial charge >= 0.3 is 5.97 Å². The van der Waals surface area contributed by atoms with Gasteiger partial charge in [-0.3, -0.25) is 9.59 Å². The summed E-state index contributed by atoms with van der Waals surface area (Å²) in [4.78, 5) is 34.2. The first-order chi connectivity index (χ1) is 10.1. The normalized spacial score (nSPS) is 17.0. The highest BCUT2D eigenvalue weighted by Crippen LogP contribution is 2.17. The molecule has 5 heteroatoms. The van der Waals surface area contributed by atoms with Gasteiger partial charge in [-0.15, -0.1) is 0 Å². The number of aliphatic hydroxyl groups excluding tert-OH is 1. The highest BCUT2D eigenvalue weighted by molar-refractivity contribution is 6.22. The second kappa shape index (κ2) is 9.32. The predicted octanol–water partition coefficient (Wildman–Crippen LogP) is 3.02. The van der Waals surface area contributed by atoms with Gasteiger partial charge in [0.2, 0.25) is 5.78 Å². The van der Waals surface area contributed by atoms with Crippen LogP contribution in [0.3, 0.4) is 0 Å². The number of rotatable bonds is 10. The predicted molar refractivity (Wildman–Crippen MR) is 77.9 cm³/mol. The molecule has 0 aromatic carbocycles. The van der Waals surface area contributed by atoms with E-state index in [1.54, 1.807) is 0 Å². The van der Waals surface area contributed by atoms with Gasteiger partial charge in [0.05, 0.1) is 6.42 Å². The quantitative estimate of drug-likeness (QED) is 0.220. The Kier molecular flexibility index (Phi) is 7.72. The van der Waals surface area contributed by atoms with Crippen LogP contribution < -0.4 is 0 Å². The van der Waals surface area contributed by atoms with Crippen molar-refractivity contribution in [3.63, 3.8) is 0 Å². The Bertz CT molecular complexity index is 404. The van der Waals surface area contributed by atoms with E-state index in [-0.39, 0.29) is 24.4 Å². The third-order valence-electron chi connectivity index (χ3n) is 3.53. The first-order valence-corrected chi connectivity index (χ1v) is 7.70. The van der Waals surface area contributed by atoms with Gasteiger partial charge in [0.25, 0.3) is 0 Å². The molecule has 0 amide bonds. The van der Waals surface area contributed by atoms with Gasteiger partial charge in [-0.05, 0) is 6.42 Å². The van der Waals surface area contributed by atoms with Crippen molar-refractivity contribution >= 4 is 17.5 Å². The van der Waals surface area contributed by atoms with Crippen molar-refractivity contribution in [1.29, 1.82) is 0 Å². The number of hydrogen-bond acceptors (Lipinski definition) is 5. The molecule has 0 aromatic heterocycles. The van der Waals surface area contributed by atoms with Crippen LogP contribution in [0.2, 0.25) is 0 Å². The maximum atomic E-state index is 11.7. The Morgan fingerprint density at radius 2 is 1.71 bits per heavy atom. The molecule has 1 heterocycles. The van der Waals surface area contributed by atoms with E-state index in [0.717, 1.165) is 19.3 Å². The SMILES string of the molecule is CCCCCCCCCC(=O)CC(O)=C1C(=O)COC1=O.